The zero-order valence-electron chi connectivity index (χ0n) is 16.3. The summed E-state index contributed by atoms with van der Waals surface area (Å²) in [4.78, 5) is 22.0. The maximum atomic E-state index is 13.0. The van der Waals surface area contributed by atoms with Gasteiger partial charge >= 0.3 is 6.18 Å². The second kappa shape index (κ2) is 8.23. The maximum Gasteiger partial charge on any atom is 0.416 e. The van der Waals surface area contributed by atoms with Gasteiger partial charge in [0.2, 0.25) is 0 Å². The van der Waals surface area contributed by atoms with Crippen LogP contribution < -0.4 is 0 Å². The highest BCUT2D eigenvalue weighted by molar-refractivity contribution is 7.17. The Morgan fingerprint density at radius 3 is 2.43 bits per heavy atom. The van der Waals surface area contributed by atoms with Crippen molar-refractivity contribution < 1.29 is 22.4 Å². The summed E-state index contributed by atoms with van der Waals surface area (Å²) in [5.74, 6) is 0.815. The molecule has 1 aromatic carbocycles. The minimum absolute atomic E-state index is 0.0826. The fourth-order valence-electron chi connectivity index (χ4n) is 3.40. The predicted molar refractivity (Wildman–Crippen MR) is 107 cm³/mol. The summed E-state index contributed by atoms with van der Waals surface area (Å²) in [7, 11) is 0. The van der Waals surface area contributed by atoms with Crippen LogP contribution in [0.25, 0.3) is 10.6 Å². The monoisotopic (exact) mass is 435 g/mol. The number of alkyl halides is 3. The van der Waals surface area contributed by atoms with Crippen LogP contribution >= 0.6 is 11.3 Å². The molecule has 30 heavy (non-hydrogen) atoms. The van der Waals surface area contributed by atoms with Crippen molar-refractivity contribution in [1.29, 1.82) is 0 Å². The number of furan rings is 1. The number of rotatable bonds is 4. The van der Waals surface area contributed by atoms with Gasteiger partial charge in [0, 0.05) is 31.7 Å². The molecule has 2 aromatic heterocycles. The molecule has 0 saturated carbocycles. The third kappa shape index (κ3) is 4.41. The van der Waals surface area contributed by atoms with Crippen molar-refractivity contribution in [3.63, 3.8) is 0 Å². The molecule has 5 nitrogen and oxygen atoms in total. The lowest BCUT2D eigenvalue weighted by Gasteiger charge is -2.34. The number of hydrogen-bond donors (Lipinski definition) is 0. The van der Waals surface area contributed by atoms with Crippen molar-refractivity contribution in [3.8, 4) is 10.6 Å². The number of nitrogens with zero attached hydrogens (tertiary/aromatic N) is 3. The number of benzene rings is 1. The summed E-state index contributed by atoms with van der Waals surface area (Å²) in [6, 6.07) is 8.64. The van der Waals surface area contributed by atoms with Gasteiger partial charge in [-0.15, -0.1) is 11.3 Å². The van der Waals surface area contributed by atoms with Crippen LogP contribution in [0.5, 0.6) is 0 Å². The first-order chi connectivity index (χ1) is 14.3. The standard InChI is InChI=1S/C21H20F3N3O2S/c1-14-18(30-19(25-14)15-4-6-16(7-5-15)21(22,23)24)20(28)27-10-8-26(9-11-27)13-17-3-2-12-29-17/h2-7,12H,8-11,13H2,1H3. The lowest BCUT2D eigenvalue weighted by Crippen LogP contribution is -2.48. The van der Waals surface area contributed by atoms with E-state index in [0.29, 0.717) is 40.8 Å². The number of aryl methyl sites for hydroxylation is 1. The number of piperazine rings is 1. The third-order valence-electron chi connectivity index (χ3n) is 5.07. The summed E-state index contributed by atoms with van der Waals surface area (Å²) in [6.07, 6.45) is -2.73. The Kier molecular flexibility index (Phi) is 5.66. The Bertz CT molecular complexity index is 1010. The van der Waals surface area contributed by atoms with Gasteiger partial charge in [-0.1, -0.05) is 12.1 Å². The van der Waals surface area contributed by atoms with E-state index in [1.807, 2.05) is 12.1 Å². The molecule has 1 aliphatic heterocycles. The molecule has 4 rings (SSSR count). The first kappa shape index (κ1) is 20.6. The van der Waals surface area contributed by atoms with E-state index in [1.54, 1.807) is 18.1 Å². The molecule has 3 heterocycles. The molecule has 9 heteroatoms. The lowest BCUT2D eigenvalue weighted by molar-refractivity contribution is -0.137. The number of hydrogen-bond acceptors (Lipinski definition) is 5. The van der Waals surface area contributed by atoms with Crippen LogP contribution in [0.2, 0.25) is 0 Å². The quantitative estimate of drug-likeness (QED) is 0.597. The number of halogens is 3. The Labute approximate surface area is 175 Å². The molecule has 1 saturated heterocycles. The molecule has 0 unspecified atom stereocenters. The summed E-state index contributed by atoms with van der Waals surface area (Å²) < 4.78 is 43.7. The van der Waals surface area contributed by atoms with Crippen LogP contribution in [0.3, 0.4) is 0 Å². The molecule has 0 spiro atoms. The molecule has 3 aromatic rings. The molecule has 0 N–H and O–H groups in total. The van der Waals surface area contributed by atoms with Gasteiger partial charge < -0.3 is 9.32 Å². The highest BCUT2D eigenvalue weighted by atomic mass is 32.1. The topological polar surface area (TPSA) is 49.6 Å². The predicted octanol–water partition coefficient (Wildman–Crippen LogP) is 4.69. The number of thiazole rings is 1. The van der Waals surface area contributed by atoms with Gasteiger partial charge in [0.05, 0.1) is 24.1 Å². The van der Waals surface area contributed by atoms with Crippen molar-refractivity contribution >= 4 is 17.2 Å². The molecule has 0 aliphatic carbocycles. The largest absolute Gasteiger partial charge is 0.468 e. The molecule has 158 valence electrons. The summed E-state index contributed by atoms with van der Waals surface area (Å²) in [5.41, 5.74) is 0.458. The van der Waals surface area contributed by atoms with Crippen LogP contribution in [-0.2, 0) is 12.7 Å². The van der Waals surface area contributed by atoms with E-state index in [4.69, 9.17) is 4.42 Å². The molecule has 1 aliphatic rings. The van der Waals surface area contributed by atoms with Crippen molar-refractivity contribution in [2.75, 3.05) is 26.2 Å². The zero-order chi connectivity index (χ0) is 21.3. The fourth-order valence-corrected chi connectivity index (χ4v) is 4.44. The Hall–Kier alpha value is -2.65. The van der Waals surface area contributed by atoms with Gasteiger partial charge in [-0.05, 0) is 31.2 Å². The van der Waals surface area contributed by atoms with Crippen LogP contribution in [0, 0.1) is 6.92 Å². The zero-order valence-corrected chi connectivity index (χ0v) is 17.1. The van der Waals surface area contributed by atoms with Gasteiger partial charge in [0.25, 0.3) is 5.91 Å². The van der Waals surface area contributed by atoms with Gasteiger partial charge in [-0.3, -0.25) is 9.69 Å². The molecule has 0 atom stereocenters. The first-order valence-corrected chi connectivity index (χ1v) is 10.3. The maximum absolute atomic E-state index is 13.0. The lowest BCUT2D eigenvalue weighted by atomic mass is 10.1. The second-order valence-electron chi connectivity index (χ2n) is 7.16. The number of aromatic nitrogens is 1. The van der Waals surface area contributed by atoms with E-state index >= 15 is 0 Å². The van der Waals surface area contributed by atoms with Crippen LogP contribution in [0.1, 0.15) is 26.7 Å². The van der Waals surface area contributed by atoms with Gasteiger partial charge in [0.15, 0.2) is 0 Å². The minimum Gasteiger partial charge on any atom is -0.468 e. The van der Waals surface area contributed by atoms with E-state index in [1.165, 1.54) is 23.5 Å². The Morgan fingerprint density at radius 2 is 1.83 bits per heavy atom. The molecular formula is C21H20F3N3O2S. The van der Waals surface area contributed by atoms with Crippen molar-refractivity contribution in [3.05, 3.63) is 64.6 Å². The highest BCUT2D eigenvalue weighted by Crippen LogP contribution is 2.33. The average Bonchev–Trinajstić information content (AvgIpc) is 3.37. The summed E-state index contributed by atoms with van der Waals surface area (Å²) in [6.45, 7) is 5.17. The molecule has 1 fully saturated rings. The van der Waals surface area contributed by atoms with Crippen LogP contribution in [0.15, 0.2) is 47.1 Å². The smallest absolute Gasteiger partial charge is 0.416 e. The molecule has 1 amide bonds. The Morgan fingerprint density at radius 1 is 1.13 bits per heavy atom. The van der Waals surface area contributed by atoms with Gasteiger partial charge in [0.1, 0.15) is 15.6 Å². The van der Waals surface area contributed by atoms with E-state index < -0.39 is 11.7 Å². The van der Waals surface area contributed by atoms with Gasteiger partial charge in [-0.2, -0.15) is 13.2 Å². The van der Waals surface area contributed by atoms with Crippen molar-refractivity contribution in [1.82, 2.24) is 14.8 Å². The van der Waals surface area contributed by atoms with Crippen molar-refractivity contribution in [2.24, 2.45) is 0 Å². The molecule has 0 bridgehead atoms. The number of amides is 1. The number of carbonyl (C=O) groups is 1. The van der Waals surface area contributed by atoms with E-state index in [-0.39, 0.29) is 5.91 Å². The molecule has 0 radical (unpaired) electrons. The third-order valence-corrected chi connectivity index (χ3v) is 6.26. The molecular weight excluding hydrogens is 415 g/mol. The fraction of sp³-hybridized carbons (Fsp3) is 0.333. The SMILES string of the molecule is Cc1nc(-c2ccc(C(F)(F)F)cc2)sc1C(=O)N1CCN(Cc2ccco2)CC1. The van der Waals surface area contributed by atoms with E-state index in [9.17, 15) is 18.0 Å². The minimum atomic E-state index is -4.38. The average molecular weight is 435 g/mol. The number of carbonyl (C=O) groups excluding carboxylic acids is 1. The first-order valence-electron chi connectivity index (χ1n) is 9.50. The second-order valence-corrected chi connectivity index (χ2v) is 8.16. The van der Waals surface area contributed by atoms with E-state index in [0.717, 1.165) is 31.0 Å². The normalized spacial score (nSPS) is 15.5. The highest BCUT2D eigenvalue weighted by Gasteiger charge is 2.30. The Balaban J connectivity index is 1.42. The van der Waals surface area contributed by atoms with Crippen LogP contribution in [0.4, 0.5) is 13.2 Å². The van der Waals surface area contributed by atoms with Crippen molar-refractivity contribution in [2.45, 2.75) is 19.6 Å². The van der Waals surface area contributed by atoms with Gasteiger partial charge in [-0.25, -0.2) is 4.98 Å². The summed E-state index contributed by atoms with van der Waals surface area (Å²) in [5, 5.41) is 0.543. The summed E-state index contributed by atoms with van der Waals surface area (Å²) >= 11 is 1.22. The van der Waals surface area contributed by atoms with E-state index in [2.05, 4.69) is 9.88 Å². The van der Waals surface area contributed by atoms with Crippen LogP contribution in [-0.4, -0.2) is 46.9 Å².